The number of anilines is 1. The van der Waals surface area contributed by atoms with Crippen LogP contribution in [0.1, 0.15) is 28.4 Å². The van der Waals surface area contributed by atoms with Gasteiger partial charge in [-0.15, -0.1) is 11.3 Å². The molecule has 0 fully saturated rings. The standard InChI is InChI=1S/C22H23N3O3S/c1-4-28-17-8-6-16(7-9-17)21(27)23-12-20(26)25-22-24-19(13-29-22)18-10-5-14(2)11-15(18)3/h5-11,13H,4,12H2,1-3H3,(H,23,27)(H,24,25,26). The van der Waals surface area contributed by atoms with Gasteiger partial charge in [-0.2, -0.15) is 0 Å². The van der Waals surface area contributed by atoms with Gasteiger partial charge in [-0.05, 0) is 50.6 Å². The number of amides is 2. The van der Waals surface area contributed by atoms with E-state index in [9.17, 15) is 9.59 Å². The second kappa shape index (κ2) is 9.34. The van der Waals surface area contributed by atoms with Crippen molar-refractivity contribution >= 4 is 28.3 Å². The van der Waals surface area contributed by atoms with Gasteiger partial charge in [0.1, 0.15) is 5.75 Å². The van der Waals surface area contributed by atoms with Crippen LogP contribution in [0.25, 0.3) is 11.3 Å². The van der Waals surface area contributed by atoms with Crippen LogP contribution in [0.2, 0.25) is 0 Å². The third kappa shape index (κ3) is 5.42. The van der Waals surface area contributed by atoms with E-state index < -0.39 is 0 Å². The molecule has 2 amide bonds. The van der Waals surface area contributed by atoms with E-state index in [-0.39, 0.29) is 18.4 Å². The highest BCUT2D eigenvalue weighted by atomic mass is 32.1. The smallest absolute Gasteiger partial charge is 0.251 e. The number of carbonyl (C=O) groups excluding carboxylic acids is 2. The second-order valence-electron chi connectivity index (χ2n) is 6.54. The van der Waals surface area contributed by atoms with Crippen LogP contribution in [-0.2, 0) is 4.79 Å². The van der Waals surface area contributed by atoms with Crippen LogP contribution in [0.3, 0.4) is 0 Å². The largest absolute Gasteiger partial charge is 0.494 e. The zero-order valence-electron chi connectivity index (χ0n) is 16.6. The van der Waals surface area contributed by atoms with Crippen LogP contribution in [0.5, 0.6) is 5.75 Å². The first-order valence-electron chi connectivity index (χ1n) is 9.30. The topological polar surface area (TPSA) is 80.3 Å². The highest BCUT2D eigenvalue weighted by molar-refractivity contribution is 7.14. The Labute approximate surface area is 173 Å². The van der Waals surface area contributed by atoms with Crippen LogP contribution in [-0.4, -0.2) is 29.9 Å². The molecule has 3 rings (SSSR count). The Morgan fingerprint density at radius 3 is 2.55 bits per heavy atom. The summed E-state index contributed by atoms with van der Waals surface area (Å²) in [6, 6.07) is 12.9. The Morgan fingerprint density at radius 2 is 1.86 bits per heavy atom. The summed E-state index contributed by atoms with van der Waals surface area (Å²) in [5.41, 5.74) is 4.65. The van der Waals surface area contributed by atoms with E-state index in [1.54, 1.807) is 24.3 Å². The van der Waals surface area contributed by atoms with Gasteiger partial charge in [0.25, 0.3) is 5.91 Å². The van der Waals surface area contributed by atoms with Crippen molar-refractivity contribution in [2.24, 2.45) is 0 Å². The molecule has 6 nitrogen and oxygen atoms in total. The molecule has 0 aliphatic rings. The normalized spacial score (nSPS) is 10.4. The molecule has 0 saturated carbocycles. The monoisotopic (exact) mass is 409 g/mol. The fourth-order valence-corrected chi connectivity index (χ4v) is 3.58. The number of aromatic nitrogens is 1. The molecule has 0 unspecified atom stereocenters. The number of ether oxygens (including phenoxy) is 1. The number of hydrogen-bond donors (Lipinski definition) is 2. The number of rotatable bonds is 7. The molecule has 2 aromatic carbocycles. The summed E-state index contributed by atoms with van der Waals surface area (Å²) < 4.78 is 5.35. The maximum atomic E-state index is 12.2. The maximum Gasteiger partial charge on any atom is 0.251 e. The summed E-state index contributed by atoms with van der Waals surface area (Å²) in [7, 11) is 0. The summed E-state index contributed by atoms with van der Waals surface area (Å²) in [6.07, 6.45) is 0. The van der Waals surface area contributed by atoms with Gasteiger partial charge >= 0.3 is 0 Å². The van der Waals surface area contributed by atoms with Gasteiger partial charge < -0.3 is 15.4 Å². The van der Waals surface area contributed by atoms with Gasteiger partial charge in [-0.25, -0.2) is 4.98 Å². The molecule has 0 aliphatic heterocycles. The van der Waals surface area contributed by atoms with E-state index in [2.05, 4.69) is 21.7 Å². The molecule has 0 atom stereocenters. The van der Waals surface area contributed by atoms with E-state index in [0.717, 1.165) is 16.8 Å². The van der Waals surface area contributed by atoms with E-state index in [0.29, 0.717) is 23.1 Å². The van der Waals surface area contributed by atoms with Gasteiger partial charge in [0.05, 0.1) is 18.8 Å². The molecule has 0 bridgehead atoms. The SMILES string of the molecule is CCOc1ccc(C(=O)NCC(=O)Nc2nc(-c3ccc(C)cc3C)cs2)cc1. The van der Waals surface area contributed by atoms with Crippen molar-refractivity contribution < 1.29 is 14.3 Å². The summed E-state index contributed by atoms with van der Waals surface area (Å²) in [4.78, 5) is 28.8. The molecule has 0 radical (unpaired) electrons. The molecule has 1 aromatic heterocycles. The molecule has 29 heavy (non-hydrogen) atoms. The molecule has 150 valence electrons. The highest BCUT2D eigenvalue weighted by Crippen LogP contribution is 2.27. The fraction of sp³-hybridized carbons (Fsp3) is 0.227. The predicted octanol–water partition coefficient (Wildman–Crippen LogP) is 4.19. The first kappa shape index (κ1) is 20.5. The molecule has 7 heteroatoms. The lowest BCUT2D eigenvalue weighted by atomic mass is 10.0. The summed E-state index contributed by atoms with van der Waals surface area (Å²) >= 11 is 1.35. The van der Waals surface area contributed by atoms with Gasteiger partial charge in [-0.1, -0.05) is 23.8 Å². The molecular weight excluding hydrogens is 386 g/mol. The summed E-state index contributed by atoms with van der Waals surface area (Å²) in [6.45, 7) is 6.41. The van der Waals surface area contributed by atoms with Crippen LogP contribution in [0, 0.1) is 13.8 Å². The van der Waals surface area contributed by atoms with Crippen molar-refractivity contribution in [1.82, 2.24) is 10.3 Å². The number of nitrogens with zero attached hydrogens (tertiary/aromatic N) is 1. The Balaban J connectivity index is 1.54. The van der Waals surface area contributed by atoms with Gasteiger partial charge in [0.15, 0.2) is 5.13 Å². The van der Waals surface area contributed by atoms with Gasteiger partial charge in [0.2, 0.25) is 5.91 Å². The van der Waals surface area contributed by atoms with Crippen molar-refractivity contribution in [1.29, 1.82) is 0 Å². The first-order valence-corrected chi connectivity index (χ1v) is 10.2. The van der Waals surface area contributed by atoms with E-state index >= 15 is 0 Å². The minimum absolute atomic E-state index is 0.134. The molecule has 0 aliphatic carbocycles. The van der Waals surface area contributed by atoms with E-state index in [4.69, 9.17) is 4.74 Å². The number of hydrogen-bond acceptors (Lipinski definition) is 5. The zero-order valence-corrected chi connectivity index (χ0v) is 17.4. The first-order chi connectivity index (χ1) is 14.0. The molecule has 2 N–H and O–H groups in total. The predicted molar refractivity (Wildman–Crippen MR) is 116 cm³/mol. The average molecular weight is 410 g/mol. The Kier molecular flexibility index (Phi) is 6.61. The lowest BCUT2D eigenvalue weighted by Gasteiger charge is -2.07. The lowest BCUT2D eigenvalue weighted by molar-refractivity contribution is -0.115. The minimum Gasteiger partial charge on any atom is -0.494 e. The third-order valence-electron chi connectivity index (χ3n) is 4.25. The van der Waals surface area contributed by atoms with Crippen molar-refractivity contribution in [2.75, 3.05) is 18.5 Å². The summed E-state index contributed by atoms with van der Waals surface area (Å²) in [5, 5.41) is 7.75. The molecule has 3 aromatic rings. The number of thiazole rings is 1. The molecule has 0 spiro atoms. The number of carbonyl (C=O) groups is 2. The van der Waals surface area contributed by atoms with Crippen LogP contribution >= 0.6 is 11.3 Å². The van der Waals surface area contributed by atoms with Crippen molar-refractivity contribution in [2.45, 2.75) is 20.8 Å². The number of benzene rings is 2. The zero-order chi connectivity index (χ0) is 20.8. The summed E-state index contributed by atoms with van der Waals surface area (Å²) in [5.74, 6) is 0.0503. The van der Waals surface area contributed by atoms with E-state index in [1.165, 1.54) is 16.9 Å². The Morgan fingerprint density at radius 1 is 1.10 bits per heavy atom. The van der Waals surface area contributed by atoms with Gasteiger partial charge in [-0.3, -0.25) is 9.59 Å². The Hall–Kier alpha value is -3.19. The van der Waals surface area contributed by atoms with Crippen LogP contribution in [0.15, 0.2) is 47.8 Å². The number of aryl methyl sites for hydroxylation is 2. The third-order valence-corrected chi connectivity index (χ3v) is 5.00. The quantitative estimate of drug-likeness (QED) is 0.613. The average Bonchev–Trinajstić information content (AvgIpc) is 3.15. The molecular formula is C22H23N3O3S. The lowest BCUT2D eigenvalue weighted by Crippen LogP contribution is -2.32. The maximum absolute atomic E-state index is 12.2. The second-order valence-corrected chi connectivity index (χ2v) is 7.40. The van der Waals surface area contributed by atoms with E-state index in [1.807, 2.05) is 38.3 Å². The van der Waals surface area contributed by atoms with Crippen LogP contribution in [0.4, 0.5) is 5.13 Å². The minimum atomic E-state index is -0.328. The highest BCUT2D eigenvalue weighted by Gasteiger charge is 2.12. The molecule has 0 saturated heterocycles. The van der Waals surface area contributed by atoms with Crippen LogP contribution < -0.4 is 15.4 Å². The number of nitrogens with one attached hydrogen (secondary N) is 2. The van der Waals surface area contributed by atoms with Crippen molar-refractivity contribution in [3.05, 3.63) is 64.5 Å². The van der Waals surface area contributed by atoms with Crippen molar-refractivity contribution in [3.8, 4) is 17.0 Å². The van der Waals surface area contributed by atoms with Gasteiger partial charge in [0, 0.05) is 16.5 Å². The molecule has 1 heterocycles. The van der Waals surface area contributed by atoms with Crippen molar-refractivity contribution in [3.63, 3.8) is 0 Å². The fourth-order valence-electron chi connectivity index (χ4n) is 2.85. The Bertz CT molecular complexity index is 1010.